The topological polar surface area (TPSA) is 75.7 Å². The van der Waals surface area contributed by atoms with Crippen molar-refractivity contribution in [3.8, 4) is 0 Å². The van der Waals surface area contributed by atoms with Gasteiger partial charge in [0.2, 0.25) is 10.0 Å². The number of benzene rings is 1. The first kappa shape index (κ1) is 20.8. The first-order valence-electron chi connectivity index (χ1n) is 9.39. The molecule has 3 rings (SSSR count). The predicted octanol–water partition coefficient (Wildman–Crippen LogP) is 3.26. The van der Waals surface area contributed by atoms with E-state index in [0.29, 0.717) is 25.9 Å². The van der Waals surface area contributed by atoms with Crippen LogP contribution in [0, 0.1) is 5.92 Å². The van der Waals surface area contributed by atoms with Crippen LogP contribution in [-0.4, -0.2) is 44.3 Å². The van der Waals surface area contributed by atoms with Gasteiger partial charge < -0.3 is 9.64 Å². The summed E-state index contributed by atoms with van der Waals surface area (Å²) < 4.78 is 33.0. The van der Waals surface area contributed by atoms with Crippen molar-refractivity contribution < 1.29 is 17.9 Å². The smallest absolute Gasteiger partial charge is 0.410 e. The lowest BCUT2D eigenvalue weighted by atomic mass is 10.2. The van der Waals surface area contributed by atoms with E-state index in [1.165, 1.54) is 0 Å². The van der Waals surface area contributed by atoms with E-state index in [0.717, 1.165) is 10.4 Å². The Bertz CT molecular complexity index is 854. The number of ether oxygens (including phenoxy) is 1. The zero-order valence-corrected chi connectivity index (χ0v) is 17.5. The number of hydrogen-bond donors (Lipinski definition) is 1. The van der Waals surface area contributed by atoms with Crippen LogP contribution in [0.5, 0.6) is 0 Å². The van der Waals surface area contributed by atoms with Crippen LogP contribution in [0.15, 0.2) is 47.8 Å². The molecule has 6 nitrogen and oxygen atoms in total. The van der Waals surface area contributed by atoms with Gasteiger partial charge in [-0.15, -0.1) is 11.3 Å². The standard InChI is InChI=1S/C20H26N2O4S2/c1-16(12-19-8-5-11-27-19)21-28(24,25)15-18-9-10-22(13-18)20(23)26-14-17-6-3-2-4-7-17/h2-8,11,16,18,21H,9-10,12-15H2,1H3/t16-,18+/m1/s1. The average molecular weight is 423 g/mol. The summed E-state index contributed by atoms with van der Waals surface area (Å²) in [6, 6.07) is 13.3. The molecule has 0 aliphatic carbocycles. The number of rotatable bonds is 8. The SMILES string of the molecule is C[C@H](Cc1cccs1)NS(=O)(=O)C[C@H]1CCN(C(=O)OCc2ccccc2)C1. The first-order valence-corrected chi connectivity index (χ1v) is 11.9. The van der Waals surface area contributed by atoms with Crippen LogP contribution in [0.25, 0.3) is 0 Å². The second kappa shape index (κ2) is 9.54. The molecule has 152 valence electrons. The van der Waals surface area contributed by atoms with E-state index in [1.807, 2.05) is 54.8 Å². The van der Waals surface area contributed by atoms with Crippen molar-refractivity contribution in [3.63, 3.8) is 0 Å². The Morgan fingerprint density at radius 2 is 2.07 bits per heavy atom. The number of amides is 1. The molecule has 1 aromatic carbocycles. The lowest BCUT2D eigenvalue weighted by Gasteiger charge is -2.18. The fraction of sp³-hybridized carbons (Fsp3) is 0.450. The summed E-state index contributed by atoms with van der Waals surface area (Å²) in [6.45, 7) is 3.03. The third-order valence-corrected chi connectivity index (χ3v) is 7.24. The van der Waals surface area contributed by atoms with Crippen molar-refractivity contribution in [3.05, 3.63) is 58.3 Å². The number of nitrogens with one attached hydrogen (secondary N) is 1. The molecule has 2 heterocycles. The number of sulfonamides is 1. The highest BCUT2D eigenvalue weighted by atomic mass is 32.2. The second-order valence-electron chi connectivity index (χ2n) is 7.22. The summed E-state index contributed by atoms with van der Waals surface area (Å²) in [6.07, 6.45) is 0.961. The average Bonchev–Trinajstić information content (AvgIpc) is 3.31. The maximum Gasteiger partial charge on any atom is 0.410 e. The number of carbonyl (C=O) groups excluding carboxylic acids is 1. The molecule has 1 N–H and O–H groups in total. The van der Waals surface area contributed by atoms with Gasteiger partial charge in [0, 0.05) is 24.0 Å². The Hall–Kier alpha value is -1.90. The van der Waals surface area contributed by atoms with Gasteiger partial charge >= 0.3 is 6.09 Å². The summed E-state index contributed by atoms with van der Waals surface area (Å²) in [5, 5.41) is 1.99. The summed E-state index contributed by atoms with van der Waals surface area (Å²) >= 11 is 1.62. The number of hydrogen-bond acceptors (Lipinski definition) is 5. The maximum atomic E-state index is 12.5. The van der Waals surface area contributed by atoms with Crippen LogP contribution in [0.1, 0.15) is 23.8 Å². The normalized spacial score (nSPS) is 18.2. The maximum absolute atomic E-state index is 12.5. The van der Waals surface area contributed by atoms with E-state index in [4.69, 9.17) is 4.74 Å². The van der Waals surface area contributed by atoms with Crippen LogP contribution in [-0.2, 0) is 27.8 Å². The molecule has 0 bridgehead atoms. The van der Waals surface area contributed by atoms with Gasteiger partial charge in [-0.2, -0.15) is 0 Å². The summed E-state index contributed by atoms with van der Waals surface area (Å²) in [7, 11) is -3.40. The molecule has 1 aromatic heterocycles. The van der Waals surface area contributed by atoms with Gasteiger partial charge in [0.25, 0.3) is 0 Å². The Morgan fingerprint density at radius 1 is 1.29 bits per heavy atom. The molecule has 2 aromatic rings. The summed E-state index contributed by atoms with van der Waals surface area (Å²) in [5.41, 5.74) is 0.929. The molecule has 2 atom stereocenters. The zero-order chi connectivity index (χ0) is 20.0. The second-order valence-corrected chi connectivity index (χ2v) is 10.1. The van der Waals surface area contributed by atoms with Crippen LogP contribution in [0.2, 0.25) is 0 Å². The van der Waals surface area contributed by atoms with Gasteiger partial charge in [0.1, 0.15) is 6.61 Å². The molecule has 1 saturated heterocycles. The van der Waals surface area contributed by atoms with Crippen molar-refractivity contribution in [2.45, 2.75) is 32.4 Å². The number of likely N-dealkylation sites (tertiary alicyclic amines) is 1. The van der Waals surface area contributed by atoms with Gasteiger partial charge in [-0.3, -0.25) is 0 Å². The Labute approximate surface area is 170 Å². The van der Waals surface area contributed by atoms with E-state index in [-0.39, 0.29) is 30.4 Å². The van der Waals surface area contributed by atoms with Gasteiger partial charge in [-0.1, -0.05) is 36.4 Å². The highest BCUT2D eigenvalue weighted by Crippen LogP contribution is 2.20. The van der Waals surface area contributed by atoms with Crippen molar-refractivity contribution >= 4 is 27.5 Å². The number of carbonyl (C=O) groups is 1. The fourth-order valence-corrected chi connectivity index (χ4v) is 5.90. The monoisotopic (exact) mass is 422 g/mol. The molecule has 28 heavy (non-hydrogen) atoms. The Kier molecular flexibility index (Phi) is 7.09. The van der Waals surface area contributed by atoms with Gasteiger partial charge in [0.05, 0.1) is 5.75 Å². The fourth-order valence-electron chi connectivity index (χ4n) is 3.38. The minimum atomic E-state index is -3.40. The quantitative estimate of drug-likeness (QED) is 0.709. The Morgan fingerprint density at radius 3 is 2.79 bits per heavy atom. The minimum Gasteiger partial charge on any atom is -0.445 e. The molecular formula is C20H26N2O4S2. The Balaban J connectivity index is 1.43. The number of thiophene rings is 1. The summed E-state index contributed by atoms with van der Waals surface area (Å²) in [4.78, 5) is 15.0. The molecule has 1 aliphatic heterocycles. The van der Waals surface area contributed by atoms with Gasteiger partial charge in [-0.05, 0) is 42.7 Å². The molecule has 0 saturated carbocycles. The molecule has 0 spiro atoms. The minimum absolute atomic E-state index is 0.0320. The third kappa shape index (κ3) is 6.32. The van der Waals surface area contributed by atoms with E-state index < -0.39 is 10.0 Å². The lowest BCUT2D eigenvalue weighted by Crippen LogP contribution is -2.38. The molecule has 8 heteroatoms. The van der Waals surface area contributed by atoms with Crippen molar-refractivity contribution in [1.82, 2.24) is 9.62 Å². The highest BCUT2D eigenvalue weighted by molar-refractivity contribution is 7.89. The predicted molar refractivity (Wildman–Crippen MR) is 111 cm³/mol. The highest BCUT2D eigenvalue weighted by Gasteiger charge is 2.31. The van der Waals surface area contributed by atoms with Crippen LogP contribution < -0.4 is 4.72 Å². The first-order chi connectivity index (χ1) is 13.4. The summed E-state index contributed by atoms with van der Waals surface area (Å²) in [5.74, 6) is -0.0414. The van der Waals surface area contributed by atoms with Crippen molar-refractivity contribution in [2.75, 3.05) is 18.8 Å². The molecule has 0 radical (unpaired) electrons. The van der Waals surface area contributed by atoms with E-state index in [9.17, 15) is 13.2 Å². The number of nitrogens with zero attached hydrogens (tertiary/aromatic N) is 1. The lowest BCUT2D eigenvalue weighted by molar-refractivity contribution is 0.103. The molecule has 1 fully saturated rings. The van der Waals surface area contributed by atoms with Gasteiger partial charge in [-0.25, -0.2) is 17.9 Å². The van der Waals surface area contributed by atoms with E-state index >= 15 is 0 Å². The van der Waals surface area contributed by atoms with E-state index in [2.05, 4.69) is 4.72 Å². The van der Waals surface area contributed by atoms with Crippen LogP contribution in [0.4, 0.5) is 4.79 Å². The molecule has 0 unspecified atom stereocenters. The third-order valence-electron chi connectivity index (χ3n) is 4.67. The largest absolute Gasteiger partial charge is 0.445 e. The van der Waals surface area contributed by atoms with E-state index in [1.54, 1.807) is 16.2 Å². The van der Waals surface area contributed by atoms with Crippen molar-refractivity contribution in [1.29, 1.82) is 0 Å². The molecular weight excluding hydrogens is 396 g/mol. The van der Waals surface area contributed by atoms with Crippen molar-refractivity contribution in [2.24, 2.45) is 5.92 Å². The molecule has 1 amide bonds. The van der Waals surface area contributed by atoms with Crippen LogP contribution in [0.3, 0.4) is 0 Å². The van der Waals surface area contributed by atoms with Crippen LogP contribution >= 0.6 is 11.3 Å². The van der Waals surface area contributed by atoms with Gasteiger partial charge in [0.15, 0.2) is 0 Å². The zero-order valence-electron chi connectivity index (χ0n) is 15.9. The molecule has 1 aliphatic rings.